The summed E-state index contributed by atoms with van der Waals surface area (Å²) in [5.74, 6) is -0.239. The summed E-state index contributed by atoms with van der Waals surface area (Å²) in [6.07, 6.45) is 0. The van der Waals surface area contributed by atoms with Crippen molar-refractivity contribution in [1.82, 2.24) is 15.8 Å². The lowest BCUT2D eigenvalue weighted by Gasteiger charge is -2.11. The SMILES string of the molecule is Cc1[nH]c2ccccc2c1C(=O)NNC(=S)Nc1ccccc1. The Labute approximate surface area is 139 Å². The van der Waals surface area contributed by atoms with Crippen LogP contribution in [0.5, 0.6) is 0 Å². The van der Waals surface area contributed by atoms with Gasteiger partial charge in [0.1, 0.15) is 0 Å². The van der Waals surface area contributed by atoms with E-state index in [0.717, 1.165) is 22.3 Å². The summed E-state index contributed by atoms with van der Waals surface area (Å²) in [5.41, 5.74) is 8.54. The normalized spacial score (nSPS) is 10.3. The van der Waals surface area contributed by atoms with Crippen LogP contribution >= 0.6 is 12.2 Å². The van der Waals surface area contributed by atoms with Gasteiger partial charge in [-0.25, -0.2) is 0 Å². The van der Waals surface area contributed by atoms with Gasteiger partial charge in [-0.05, 0) is 37.3 Å². The number of hydrogen-bond acceptors (Lipinski definition) is 2. The van der Waals surface area contributed by atoms with Crippen LogP contribution < -0.4 is 16.2 Å². The second-order valence-corrected chi connectivity index (χ2v) is 5.48. The fourth-order valence-corrected chi connectivity index (χ4v) is 2.60. The molecule has 0 fully saturated rings. The number of hydrogen-bond donors (Lipinski definition) is 4. The molecule has 1 heterocycles. The van der Waals surface area contributed by atoms with E-state index in [1.807, 2.05) is 61.5 Å². The van der Waals surface area contributed by atoms with Gasteiger partial charge in [0.2, 0.25) is 0 Å². The van der Waals surface area contributed by atoms with Crippen LogP contribution in [0.15, 0.2) is 54.6 Å². The molecule has 0 radical (unpaired) electrons. The van der Waals surface area contributed by atoms with Crippen molar-refractivity contribution in [3.8, 4) is 0 Å². The number of thiocarbonyl (C=S) groups is 1. The minimum Gasteiger partial charge on any atom is -0.358 e. The number of nitrogens with one attached hydrogen (secondary N) is 4. The van der Waals surface area contributed by atoms with E-state index in [0.29, 0.717) is 10.7 Å². The number of anilines is 1. The van der Waals surface area contributed by atoms with Crippen molar-refractivity contribution in [2.75, 3.05) is 5.32 Å². The number of carbonyl (C=O) groups excluding carboxylic acids is 1. The van der Waals surface area contributed by atoms with E-state index < -0.39 is 0 Å². The van der Waals surface area contributed by atoms with Gasteiger partial charge in [0.15, 0.2) is 5.11 Å². The first-order valence-corrected chi connectivity index (χ1v) is 7.55. The van der Waals surface area contributed by atoms with E-state index in [2.05, 4.69) is 21.2 Å². The summed E-state index contributed by atoms with van der Waals surface area (Å²) in [5, 5.41) is 4.19. The van der Waals surface area contributed by atoms with Gasteiger partial charge in [0, 0.05) is 22.3 Å². The molecule has 0 spiro atoms. The molecule has 1 amide bonds. The topological polar surface area (TPSA) is 69.0 Å². The van der Waals surface area contributed by atoms with E-state index >= 15 is 0 Å². The van der Waals surface area contributed by atoms with Crippen molar-refractivity contribution in [2.45, 2.75) is 6.92 Å². The van der Waals surface area contributed by atoms with Gasteiger partial charge in [-0.2, -0.15) is 0 Å². The third-order valence-corrected chi connectivity index (χ3v) is 3.65. The number of hydrazine groups is 1. The molecular formula is C17H16N4OS. The second kappa shape index (κ2) is 6.50. The first kappa shape index (κ1) is 15.1. The van der Waals surface area contributed by atoms with Gasteiger partial charge < -0.3 is 10.3 Å². The number of amides is 1. The lowest BCUT2D eigenvalue weighted by Crippen LogP contribution is -2.43. The van der Waals surface area contributed by atoms with Crippen molar-refractivity contribution in [2.24, 2.45) is 0 Å². The monoisotopic (exact) mass is 324 g/mol. The molecule has 3 rings (SSSR count). The zero-order valence-corrected chi connectivity index (χ0v) is 13.3. The molecule has 0 aliphatic carbocycles. The molecule has 1 aromatic heterocycles. The molecule has 0 aliphatic rings. The number of aryl methyl sites for hydroxylation is 1. The Hall–Kier alpha value is -2.86. The van der Waals surface area contributed by atoms with Crippen molar-refractivity contribution in [1.29, 1.82) is 0 Å². The predicted molar refractivity (Wildman–Crippen MR) is 96.3 cm³/mol. The summed E-state index contributed by atoms with van der Waals surface area (Å²) >= 11 is 5.17. The molecule has 4 N–H and O–H groups in total. The fourth-order valence-electron chi connectivity index (χ4n) is 2.43. The highest BCUT2D eigenvalue weighted by Crippen LogP contribution is 2.21. The number of H-pyrrole nitrogens is 1. The third-order valence-electron chi connectivity index (χ3n) is 3.44. The molecule has 2 aromatic carbocycles. The number of rotatable bonds is 2. The quantitative estimate of drug-likeness (QED) is 0.432. The molecule has 0 aliphatic heterocycles. The Morgan fingerprint density at radius 3 is 2.48 bits per heavy atom. The summed E-state index contributed by atoms with van der Waals surface area (Å²) in [4.78, 5) is 15.6. The van der Waals surface area contributed by atoms with Gasteiger partial charge >= 0.3 is 0 Å². The molecule has 0 saturated carbocycles. The van der Waals surface area contributed by atoms with E-state index in [-0.39, 0.29) is 5.91 Å². The molecule has 0 unspecified atom stereocenters. The molecule has 0 atom stereocenters. The Balaban J connectivity index is 1.67. The highest BCUT2D eigenvalue weighted by Gasteiger charge is 2.15. The second-order valence-electron chi connectivity index (χ2n) is 5.07. The average Bonchev–Trinajstić information content (AvgIpc) is 2.89. The Kier molecular flexibility index (Phi) is 4.25. The third kappa shape index (κ3) is 3.32. The van der Waals surface area contributed by atoms with Gasteiger partial charge in [-0.1, -0.05) is 36.4 Å². The van der Waals surface area contributed by atoms with Crippen LogP contribution in [0.1, 0.15) is 16.1 Å². The first-order chi connectivity index (χ1) is 11.1. The number of carbonyl (C=O) groups is 1. The minimum atomic E-state index is -0.239. The van der Waals surface area contributed by atoms with Gasteiger partial charge in [-0.3, -0.25) is 15.6 Å². The number of aromatic nitrogens is 1. The predicted octanol–water partition coefficient (Wildman–Crippen LogP) is 3.11. The summed E-state index contributed by atoms with van der Waals surface area (Å²) in [6.45, 7) is 1.87. The fraction of sp³-hybridized carbons (Fsp3) is 0.0588. The van der Waals surface area contributed by atoms with Gasteiger partial charge in [-0.15, -0.1) is 0 Å². The molecule has 0 saturated heterocycles. The molecule has 3 aromatic rings. The first-order valence-electron chi connectivity index (χ1n) is 7.15. The molecule has 0 bridgehead atoms. The summed E-state index contributed by atoms with van der Waals surface area (Å²) in [6, 6.07) is 17.2. The van der Waals surface area contributed by atoms with Crippen LogP contribution in [-0.4, -0.2) is 16.0 Å². The Bertz CT molecular complexity index is 857. The van der Waals surface area contributed by atoms with Crippen molar-refractivity contribution in [3.63, 3.8) is 0 Å². The Morgan fingerprint density at radius 1 is 1.00 bits per heavy atom. The minimum absolute atomic E-state index is 0.239. The van der Waals surface area contributed by atoms with E-state index in [9.17, 15) is 4.79 Å². The van der Waals surface area contributed by atoms with Crippen LogP contribution in [0.4, 0.5) is 5.69 Å². The summed E-state index contributed by atoms with van der Waals surface area (Å²) in [7, 11) is 0. The van der Waals surface area contributed by atoms with Crippen molar-refractivity contribution in [3.05, 3.63) is 65.9 Å². The van der Waals surface area contributed by atoms with Crippen LogP contribution in [0.25, 0.3) is 10.9 Å². The summed E-state index contributed by atoms with van der Waals surface area (Å²) < 4.78 is 0. The maximum absolute atomic E-state index is 12.4. The van der Waals surface area contributed by atoms with E-state index in [1.165, 1.54) is 0 Å². The standard InChI is InChI=1S/C17H16N4OS/c1-11-15(13-9-5-6-10-14(13)18-11)16(22)20-21-17(23)19-12-7-3-2-4-8-12/h2-10,18H,1H3,(H,20,22)(H2,19,21,23). The lowest BCUT2D eigenvalue weighted by atomic mass is 10.1. The number of para-hydroxylation sites is 2. The molecule has 116 valence electrons. The van der Waals surface area contributed by atoms with Gasteiger partial charge in [0.05, 0.1) is 5.56 Å². The lowest BCUT2D eigenvalue weighted by molar-refractivity contribution is 0.0945. The van der Waals surface area contributed by atoms with E-state index in [4.69, 9.17) is 12.2 Å². The van der Waals surface area contributed by atoms with Gasteiger partial charge in [0.25, 0.3) is 5.91 Å². The highest BCUT2D eigenvalue weighted by atomic mass is 32.1. The number of aromatic amines is 1. The maximum atomic E-state index is 12.4. The maximum Gasteiger partial charge on any atom is 0.272 e. The number of fused-ring (bicyclic) bond motifs is 1. The Morgan fingerprint density at radius 2 is 1.70 bits per heavy atom. The van der Waals surface area contributed by atoms with E-state index in [1.54, 1.807) is 0 Å². The molecule has 5 nitrogen and oxygen atoms in total. The van der Waals surface area contributed by atoms with Crippen molar-refractivity contribution >= 4 is 39.8 Å². The van der Waals surface area contributed by atoms with Crippen LogP contribution in [-0.2, 0) is 0 Å². The van der Waals surface area contributed by atoms with Crippen LogP contribution in [0.2, 0.25) is 0 Å². The van der Waals surface area contributed by atoms with Crippen LogP contribution in [0.3, 0.4) is 0 Å². The average molecular weight is 324 g/mol. The zero-order chi connectivity index (χ0) is 16.2. The van der Waals surface area contributed by atoms with Crippen LogP contribution in [0, 0.1) is 6.92 Å². The van der Waals surface area contributed by atoms with Crippen molar-refractivity contribution < 1.29 is 4.79 Å². The molecule has 23 heavy (non-hydrogen) atoms. The molecular weight excluding hydrogens is 308 g/mol. The zero-order valence-electron chi connectivity index (χ0n) is 12.5. The highest BCUT2D eigenvalue weighted by molar-refractivity contribution is 7.80. The largest absolute Gasteiger partial charge is 0.358 e. The smallest absolute Gasteiger partial charge is 0.272 e. The molecule has 6 heteroatoms. The number of benzene rings is 2.